The van der Waals surface area contributed by atoms with Gasteiger partial charge in [0.05, 0.1) is 18.5 Å². The zero-order valence-electron chi connectivity index (χ0n) is 14.1. The van der Waals surface area contributed by atoms with Gasteiger partial charge in [0.25, 0.3) is 0 Å². The lowest BCUT2D eigenvalue weighted by molar-refractivity contribution is 0.415. The van der Waals surface area contributed by atoms with Crippen LogP contribution in [0.1, 0.15) is 18.4 Å². The molecule has 2 aromatic carbocycles. The summed E-state index contributed by atoms with van der Waals surface area (Å²) in [5, 5.41) is 8.57. The van der Waals surface area contributed by atoms with Gasteiger partial charge in [0, 0.05) is 21.2 Å². The van der Waals surface area contributed by atoms with Gasteiger partial charge in [-0.3, -0.25) is 0 Å². The van der Waals surface area contributed by atoms with Crippen LogP contribution in [0, 0.1) is 3.57 Å². The number of benzene rings is 2. The van der Waals surface area contributed by atoms with Crippen LogP contribution in [-0.4, -0.2) is 23.4 Å². The van der Waals surface area contributed by atoms with Crippen molar-refractivity contribution in [2.45, 2.75) is 19.3 Å². The van der Waals surface area contributed by atoms with E-state index >= 15 is 0 Å². The van der Waals surface area contributed by atoms with E-state index in [9.17, 15) is 0 Å². The number of halogens is 1. The summed E-state index contributed by atoms with van der Waals surface area (Å²) in [7, 11) is 1.70. The minimum Gasteiger partial charge on any atom is -0.497 e. The second-order valence-corrected chi connectivity index (χ2v) is 7.43. The molecule has 1 N–H and O–H groups in total. The number of hydrogen-bond acceptors (Lipinski definition) is 3. The summed E-state index contributed by atoms with van der Waals surface area (Å²) in [5.74, 6) is 1.98. The number of methoxy groups -OCH3 is 1. The van der Waals surface area contributed by atoms with Gasteiger partial charge >= 0.3 is 0 Å². The highest BCUT2D eigenvalue weighted by Gasteiger charge is 2.21. The second-order valence-electron chi connectivity index (χ2n) is 6.18. The van der Waals surface area contributed by atoms with E-state index in [1.54, 1.807) is 7.11 Å². The molecule has 3 aromatic rings. The normalized spacial score (nSPS) is 13.7. The molecule has 1 aromatic heterocycles. The highest BCUT2D eigenvalue weighted by molar-refractivity contribution is 14.1. The SMILES string of the molecule is COc1cccc(-c2nn(-c3ccc(I)cc3)c3c2CCCCN3)c1. The maximum Gasteiger partial charge on any atom is 0.133 e. The average Bonchev–Trinajstić information content (AvgIpc) is 2.84. The first-order chi connectivity index (χ1) is 12.3. The van der Waals surface area contributed by atoms with Crippen molar-refractivity contribution in [3.8, 4) is 22.7 Å². The lowest BCUT2D eigenvalue weighted by atomic mass is 10.0. The molecule has 25 heavy (non-hydrogen) atoms. The zero-order valence-corrected chi connectivity index (χ0v) is 16.3. The summed E-state index contributed by atoms with van der Waals surface area (Å²) < 4.78 is 8.67. The topological polar surface area (TPSA) is 39.1 Å². The van der Waals surface area contributed by atoms with Crippen LogP contribution < -0.4 is 10.1 Å². The van der Waals surface area contributed by atoms with Gasteiger partial charge in [0.15, 0.2) is 0 Å². The molecular weight excluding hydrogens is 425 g/mol. The third-order valence-corrected chi connectivity index (χ3v) is 5.26. The van der Waals surface area contributed by atoms with Crippen LogP contribution in [0.4, 0.5) is 5.82 Å². The molecule has 4 nitrogen and oxygen atoms in total. The van der Waals surface area contributed by atoms with Gasteiger partial charge in [-0.05, 0) is 78.3 Å². The summed E-state index contributed by atoms with van der Waals surface area (Å²) in [6.07, 6.45) is 3.40. The summed E-state index contributed by atoms with van der Waals surface area (Å²) in [6, 6.07) is 16.6. The Balaban J connectivity index is 1.88. The second kappa shape index (κ2) is 7.07. The molecule has 0 aliphatic carbocycles. The van der Waals surface area contributed by atoms with Gasteiger partial charge in [-0.2, -0.15) is 5.10 Å². The van der Waals surface area contributed by atoms with E-state index < -0.39 is 0 Å². The van der Waals surface area contributed by atoms with E-state index in [1.165, 1.54) is 22.0 Å². The first-order valence-electron chi connectivity index (χ1n) is 8.52. The molecule has 0 spiro atoms. The van der Waals surface area contributed by atoms with Crippen molar-refractivity contribution in [3.05, 3.63) is 57.7 Å². The lowest BCUT2D eigenvalue weighted by Gasteiger charge is -2.09. The highest BCUT2D eigenvalue weighted by Crippen LogP contribution is 2.35. The molecule has 0 bridgehead atoms. The fourth-order valence-corrected chi connectivity index (χ4v) is 3.63. The Morgan fingerprint density at radius 3 is 2.76 bits per heavy atom. The molecule has 2 heterocycles. The molecule has 0 fully saturated rings. The number of anilines is 1. The van der Waals surface area contributed by atoms with Crippen molar-refractivity contribution in [3.63, 3.8) is 0 Å². The van der Waals surface area contributed by atoms with Crippen molar-refractivity contribution in [2.75, 3.05) is 19.0 Å². The molecular formula is C20H20IN3O. The van der Waals surface area contributed by atoms with Crippen LogP contribution in [0.15, 0.2) is 48.5 Å². The molecule has 0 unspecified atom stereocenters. The molecule has 0 radical (unpaired) electrons. The van der Waals surface area contributed by atoms with E-state index in [0.717, 1.165) is 41.5 Å². The quantitative estimate of drug-likeness (QED) is 0.583. The maximum absolute atomic E-state index is 5.40. The standard InChI is InChI=1S/C20H20IN3O/c1-25-17-6-4-5-14(13-17)19-18-7-2-3-12-22-20(18)24(23-19)16-10-8-15(21)9-11-16/h4-6,8-11,13,22H,2-3,7,12H2,1H3. The van der Waals surface area contributed by atoms with E-state index in [-0.39, 0.29) is 0 Å². The number of rotatable bonds is 3. The van der Waals surface area contributed by atoms with Gasteiger partial charge in [-0.15, -0.1) is 0 Å². The highest BCUT2D eigenvalue weighted by atomic mass is 127. The van der Waals surface area contributed by atoms with Crippen molar-refractivity contribution in [1.82, 2.24) is 9.78 Å². The molecule has 0 saturated carbocycles. The van der Waals surface area contributed by atoms with Gasteiger partial charge < -0.3 is 10.1 Å². The van der Waals surface area contributed by atoms with E-state index in [1.807, 2.05) is 16.8 Å². The molecule has 4 rings (SSSR count). The van der Waals surface area contributed by atoms with Crippen molar-refractivity contribution >= 4 is 28.4 Å². The molecule has 1 aliphatic heterocycles. The Kier molecular flexibility index (Phi) is 4.65. The lowest BCUT2D eigenvalue weighted by Crippen LogP contribution is -2.07. The number of hydrogen-bond donors (Lipinski definition) is 1. The van der Waals surface area contributed by atoms with Crippen LogP contribution in [-0.2, 0) is 6.42 Å². The number of nitrogens with one attached hydrogen (secondary N) is 1. The summed E-state index contributed by atoms with van der Waals surface area (Å²) in [5.41, 5.74) is 4.52. The summed E-state index contributed by atoms with van der Waals surface area (Å²) in [6.45, 7) is 0.987. The van der Waals surface area contributed by atoms with Crippen LogP contribution >= 0.6 is 22.6 Å². The summed E-state index contributed by atoms with van der Waals surface area (Å²) >= 11 is 2.33. The van der Waals surface area contributed by atoms with Gasteiger partial charge in [0.2, 0.25) is 0 Å². The first kappa shape index (κ1) is 16.4. The van der Waals surface area contributed by atoms with Crippen molar-refractivity contribution in [2.24, 2.45) is 0 Å². The van der Waals surface area contributed by atoms with Crippen molar-refractivity contribution in [1.29, 1.82) is 0 Å². The first-order valence-corrected chi connectivity index (χ1v) is 9.60. The minimum absolute atomic E-state index is 0.858. The maximum atomic E-state index is 5.40. The Labute approximate surface area is 161 Å². The average molecular weight is 445 g/mol. The molecule has 5 heteroatoms. The van der Waals surface area contributed by atoms with Crippen LogP contribution in [0.2, 0.25) is 0 Å². The van der Waals surface area contributed by atoms with Crippen LogP contribution in [0.3, 0.4) is 0 Å². The molecule has 0 atom stereocenters. The fraction of sp³-hybridized carbons (Fsp3) is 0.250. The Bertz CT molecular complexity index is 886. The predicted octanol–water partition coefficient (Wildman–Crippen LogP) is 4.90. The van der Waals surface area contributed by atoms with Gasteiger partial charge in [-0.1, -0.05) is 12.1 Å². The zero-order chi connectivity index (χ0) is 17.2. The number of aromatic nitrogens is 2. The summed E-state index contributed by atoms with van der Waals surface area (Å²) in [4.78, 5) is 0. The van der Waals surface area contributed by atoms with Gasteiger partial charge in [0.1, 0.15) is 11.6 Å². The molecule has 0 saturated heterocycles. The van der Waals surface area contributed by atoms with Crippen molar-refractivity contribution < 1.29 is 4.74 Å². The Hall–Kier alpha value is -2.02. The fourth-order valence-electron chi connectivity index (χ4n) is 3.27. The third-order valence-electron chi connectivity index (χ3n) is 4.54. The Morgan fingerprint density at radius 2 is 1.96 bits per heavy atom. The molecule has 0 amide bonds. The van der Waals surface area contributed by atoms with E-state index in [4.69, 9.17) is 9.84 Å². The van der Waals surface area contributed by atoms with Gasteiger partial charge in [-0.25, -0.2) is 4.68 Å². The largest absolute Gasteiger partial charge is 0.497 e. The van der Waals surface area contributed by atoms with Crippen LogP contribution in [0.25, 0.3) is 16.9 Å². The monoisotopic (exact) mass is 445 g/mol. The number of ether oxygens (including phenoxy) is 1. The number of fused-ring (bicyclic) bond motifs is 1. The van der Waals surface area contributed by atoms with E-state index in [0.29, 0.717) is 0 Å². The van der Waals surface area contributed by atoms with Crippen LogP contribution in [0.5, 0.6) is 5.75 Å². The third kappa shape index (κ3) is 3.25. The minimum atomic E-state index is 0.858. The smallest absolute Gasteiger partial charge is 0.133 e. The number of nitrogens with zero attached hydrogens (tertiary/aromatic N) is 2. The molecule has 1 aliphatic rings. The van der Waals surface area contributed by atoms with E-state index in [2.05, 4.69) is 64.3 Å². The molecule has 128 valence electrons. The predicted molar refractivity (Wildman–Crippen MR) is 110 cm³/mol. The Morgan fingerprint density at radius 1 is 1.12 bits per heavy atom.